The second-order valence-electron chi connectivity index (χ2n) is 10.4. The van der Waals surface area contributed by atoms with Gasteiger partial charge in [0.05, 0.1) is 6.04 Å². The van der Waals surface area contributed by atoms with Crippen molar-refractivity contribution < 1.29 is 24.2 Å². The minimum absolute atomic E-state index is 0.0593. The van der Waals surface area contributed by atoms with Crippen LogP contribution in [-0.2, 0) is 27.4 Å². The fourth-order valence-electron chi connectivity index (χ4n) is 4.35. The lowest BCUT2D eigenvalue weighted by molar-refractivity contribution is -0.131. The molecule has 0 saturated heterocycles. The van der Waals surface area contributed by atoms with Crippen molar-refractivity contribution in [3.8, 4) is 0 Å². The van der Waals surface area contributed by atoms with Gasteiger partial charge in [0.1, 0.15) is 29.8 Å². The predicted molar refractivity (Wildman–Crippen MR) is 167 cm³/mol. The summed E-state index contributed by atoms with van der Waals surface area (Å²) in [6, 6.07) is 16.1. The van der Waals surface area contributed by atoms with Crippen LogP contribution in [0.2, 0.25) is 0 Å². The van der Waals surface area contributed by atoms with E-state index in [4.69, 9.17) is 4.74 Å². The van der Waals surface area contributed by atoms with E-state index in [1.54, 1.807) is 23.3 Å². The number of hydrogen-bond acceptors (Lipinski definition) is 8. The van der Waals surface area contributed by atoms with E-state index in [0.29, 0.717) is 23.6 Å². The van der Waals surface area contributed by atoms with Gasteiger partial charge in [0.15, 0.2) is 0 Å². The molecule has 9 nitrogen and oxygen atoms in total. The Morgan fingerprint density at radius 1 is 0.929 bits per heavy atom. The van der Waals surface area contributed by atoms with Gasteiger partial charge in [-0.2, -0.15) is 11.8 Å². The topological polar surface area (TPSA) is 130 Å². The van der Waals surface area contributed by atoms with Crippen molar-refractivity contribution >= 4 is 41.0 Å². The third kappa shape index (κ3) is 11.1. The lowest BCUT2D eigenvalue weighted by Gasteiger charge is -2.28. The Morgan fingerprint density at radius 2 is 1.57 bits per heavy atom. The normalized spacial score (nSPS) is 13.9. The van der Waals surface area contributed by atoms with E-state index in [2.05, 4.69) is 20.9 Å². The lowest BCUT2D eigenvalue weighted by atomic mass is 9.98. The SMILES string of the molecule is CSCC[C@H](NC(=O)[C@H](Cc1ccccc1)NC(=O)OCc1ccccc1)C(=O)N[C@@H](CC(C)C)[C@@H](O)c1nccs1. The third-order valence-electron chi connectivity index (χ3n) is 6.49. The number of aliphatic hydroxyl groups is 1. The molecule has 3 rings (SSSR count). The second kappa shape index (κ2) is 17.5. The van der Waals surface area contributed by atoms with E-state index in [-0.39, 0.29) is 18.9 Å². The number of carbonyl (C=O) groups excluding carboxylic acids is 3. The van der Waals surface area contributed by atoms with Crippen LogP contribution < -0.4 is 16.0 Å². The monoisotopic (exact) mass is 612 g/mol. The summed E-state index contributed by atoms with van der Waals surface area (Å²) in [6.07, 6.45) is 2.95. The Balaban J connectivity index is 1.73. The number of hydrogen-bond donors (Lipinski definition) is 4. The minimum atomic E-state index is -0.979. The second-order valence-corrected chi connectivity index (χ2v) is 12.3. The van der Waals surface area contributed by atoms with E-state index in [0.717, 1.165) is 11.1 Å². The molecule has 3 aromatic rings. The van der Waals surface area contributed by atoms with Crippen LogP contribution in [0.3, 0.4) is 0 Å². The molecule has 0 saturated carbocycles. The fourth-order valence-corrected chi connectivity index (χ4v) is 5.51. The Kier molecular flexibility index (Phi) is 13.8. The van der Waals surface area contributed by atoms with Crippen molar-refractivity contribution in [2.24, 2.45) is 5.92 Å². The largest absolute Gasteiger partial charge is 0.445 e. The summed E-state index contributed by atoms with van der Waals surface area (Å²) in [5.41, 5.74) is 1.66. The molecule has 0 radical (unpaired) electrons. The van der Waals surface area contributed by atoms with E-state index in [1.165, 1.54) is 11.3 Å². The number of amides is 3. The van der Waals surface area contributed by atoms with Gasteiger partial charge in [-0.3, -0.25) is 9.59 Å². The smallest absolute Gasteiger partial charge is 0.408 e. The van der Waals surface area contributed by atoms with Crippen molar-refractivity contribution in [1.82, 2.24) is 20.9 Å². The van der Waals surface area contributed by atoms with Gasteiger partial charge < -0.3 is 25.8 Å². The number of aromatic nitrogens is 1. The Morgan fingerprint density at radius 3 is 2.17 bits per heavy atom. The first-order valence-corrected chi connectivity index (χ1v) is 16.2. The summed E-state index contributed by atoms with van der Waals surface area (Å²) in [5, 5.41) is 21.8. The molecule has 4 N–H and O–H groups in total. The molecule has 0 aliphatic rings. The predicted octanol–water partition coefficient (Wildman–Crippen LogP) is 4.48. The molecule has 0 bridgehead atoms. The molecular formula is C31H40N4O5S2. The van der Waals surface area contributed by atoms with Crippen molar-refractivity contribution in [3.05, 3.63) is 88.4 Å². The number of benzene rings is 2. The van der Waals surface area contributed by atoms with E-state index in [9.17, 15) is 19.5 Å². The Labute approximate surface area is 255 Å². The number of ether oxygens (including phenoxy) is 1. The quantitative estimate of drug-likeness (QED) is 0.188. The summed E-state index contributed by atoms with van der Waals surface area (Å²) in [5.74, 6) is -0.0788. The van der Waals surface area contributed by atoms with Crippen LogP contribution in [0.4, 0.5) is 4.79 Å². The van der Waals surface area contributed by atoms with Crippen molar-refractivity contribution in [2.45, 2.75) is 63.9 Å². The molecule has 11 heteroatoms. The maximum atomic E-state index is 13.6. The van der Waals surface area contributed by atoms with Crippen LogP contribution in [0.25, 0.3) is 0 Å². The summed E-state index contributed by atoms with van der Waals surface area (Å²) in [6.45, 7) is 4.08. The average Bonchev–Trinajstić information content (AvgIpc) is 3.53. The highest BCUT2D eigenvalue weighted by Gasteiger charge is 2.31. The number of rotatable bonds is 16. The standard InChI is InChI=1S/C31H40N4O5S2/c1-21(2)18-25(27(36)30-32-15-17-42-30)34-28(37)24(14-16-41-3)33-29(38)26(19-22-10-6-4-7-11-22)35-31(39)40-20-23-12-8-5-9-13-23/h4-13,15,17,21,24-27,36H,14,16,18-20H2,1-3H3,(H,33,38)(H,34,37)(H,35,39)/t24-,25-,26-,27+/m0/s1. The number of aliphatic hydroxyl groups excluding tert-OH is 1. The average molecular weight is 613 g/mol. The molecule has 0 fully saturated rings. The van der Waals surface area contributed by atoms with Crippen molar-refractivity contribution in [2.75, 3.05) is 12.0 Å². The number of thiazole rings is 1. The molecular weight excluding hydrogens is 572 g/mol. The first kappa shape index (κ1) is 33.1. The molecule has 3 amide bonds. The molecule has 2 aromatic carbocycles. The number of carbonyl (C=O) groups is 3. The highest BCUT2D eigenvalue weighted by Crippen LogP contribution is 2.23. The van der Waals surface area contributed by atoms with Crippen LogP contribution >= 0.6 is 23.1 Å². The van der Waals surface area contributed by atoms with Crippen molar-refractivity contribution in [3.63, 3.8) is 0 Å². The summed E-state index contributed by atoms with van der Waals surface area (Å²) >= 11 is 2.88. The zero-order chi connectivity index (χ0) is 30.3. The number of nitrogens with zero attached hydrogens (tertiary/aromatic N) is 1. The highest BCUT2D eigenvalue weighted by molar-refractivity contribution is 7.98. The van der Waals surface area contributed by atoms with Gasteiger partial charge in [0, 0.05) is 18.0 Å². The zero-order valence-electron chi connectivity index (χ0n) is 24.2. The van der Waals surface area contributed by atoms with Gasteiger partial charge in [-0.1, -0.05) is 74.5 Å². The molecule has 0 spiro atoms. The zero-order valence-corrected chi connectivity index (χ0v) is 25.8. The molecule has 226 valence electrons. The number of thioether (sulfide) groups is 1. The molecule has 0 aliphatic heterocycles. The first-order valence-electron chi connectivity index (χ1n) is 13.9. The van der Waals surface area contributed by atoms with Crippen LogP contribution in [0, 0.1) is 5.92 Å². The van der Waals surface area contributed by atoms with E-state index >= 15 is 0 Å². The van der Waals surface area contributed by atoms with Gasteiger partial charge in [0.2, 0.25) is 11.8 Å². The van der Waals surface area contributed by atoms with Gasteiger partial charge in [-0.15, -0.1) is 11.3 Å². The summed E-state index contributed by atoms with van der Waals surface area (Å²) in [4.78, 5) is 44.1. The third-order valence-corrected chi connectivity index (χ3v) is 7.98. The minimum Gasteiger partial charge on any atom is -0.445 e. The fraction of sp³-hybridized carbons (Fsp3) is 0.419. The Hall–Kier alpha value is -3.41. The van der Waals surface area contributed by atoms with E-state index in [1.807, 2.05) is 80.8 Å². The van der Waals surface area contributed by atoms with Gasteiger partial charge >= 0.3 is 6.09 Å². The lowest BCUT2D eigenvalue weighted by Crippen LogP contribution is -2.56. The highest BCUT2D eigenvalue weighted by atomic mass is 32.2. The van der Waals surface area contributed by atoms with Gasteiger partial charge in [0.25, 0.3) is 0 Å². The molecule has 1 aromatic heterocycles. The maximum absolute atomic E-state index is 13.6. The van der Waals surface area contributed by atoms with Crippen LogP contribution in [-0.4, -0.2) is 58.1 Å². The van der Waals surface area contributed by atoms with Crippen LogP contribution in [0.1, 0.15) is 48.9 Å². The molecule has 1 heterocycles. The van der Waals surface area contributed by atoms with Crippen molar-refractivity contribution in [1.29, 1.82) is 0 Å². The van der Waals surface area contributed by atoms with Crippen LogP contribution in [0.15, 0.2) is 72.2 Å². The number of nitrogens with one attached hydrogen (secondary N) is 3. The molecule has 42 heavy (non-hydrogen) atoms. The maximum Gasteiger partial charge on any atom is 0.408 e. The molecule has 4 atom stereocenters. The van der Waals surface area contributed by atoms with Gasteiger partial charge in [-0.05, 0) is 41.9 Å². The van der Waals surface area contributed by atoms with Crippen LogP contribution in [0.5, 0.6) is 0 Å². The first-order chi connectivity index (χ1) is 20.3. The molecule has 0 aliphatic carbocycles. The summed E-state index contributed by atoms with van der Waals surface area (Å²) < 4.78 is 5.37. The molecule has 0 unspecified atom stereocenters. The number of alkyl carbamates (subject to hydrolysis) is 1. The summed E-state index contributed by atoms with van der Waals surface area (Å²) in [7, 11) is 0. The van der Waals surface area contributed by atoms with E-state index < -0.39 is 42.1 Å². The Bertz CT molecular complexity index is 1230. The van der Waals surface area contributed by atoms with Gasteiger partial charge in [-0.25, -0.2) is 9.78 Å².